The van der Waals surface area contributed by atoms with Crippen LogP contribution in [0.3, 0.4) is 0 Å². The first kappa shape index (κ1) is 39.4. The standard InChI is InChI=1S/C32H24Cl2N10O6S2.Na.H/c33-27-39-29(35-21-7-3-1-4-8-21)43-31(41-27)37-23-15-13-19(25(17-23)51(45,46)47)11-12-20-14-16-24(18-26(20)52(48,49)50)38-32-42-28(34)40-30(44-32)36-22-9-5-2-6-10-22;;/h1-18H,(H,45,46,47)(H,48,49,50)(H2,35,37,39,41,43)(H2,36,38,40,42,44);;. The Bertz CT molecular complexity index is 2360. The zero-order valence-corrected chi connectivity index (χ0v) is 29.3. The summed E-state index contributed by atoms with van der Waals surface area (Å²) < 4.78 is 71.8. The molecule has 0 radical (unpaired) electrons. The summed E-state index contributed by atoms with van der Waals surface area (Å²) >= 11 is 12.1. The molecule has 0 aliphatic rings. The van der Waals surface area contributed by atoms with Crippen LogP contribution in [0.5, 0.6) is 0 Å². The molecule has 6 aromatic rings. The van der Waals surface area contributed by atoms with Gasteiger partial charge in [-0.2, -0.15) is 38.3 Å². The minimum atomic E-state index is -5.06. The number of hydrogen-bond donors (Lipinski definition) is 5. The van der Waals surface area contributed by atoms with Crippen molar-refractivity contribution in [2.75, 3.05) is 21.3 Å². The van der Waals surface area contributed by atoms with Gasteiger partial charge in [0.25, 0.3) is 10.1 Å². The summed E-state index contributed by atoms with van der Waals surface area (Å²) in [6.07, 6.45) is 2.43. The van der Waals surface area contributed by atoms with E-state index in [4.69, 9.17) is 23.2 Å². The van der Waals surface area contributed by atoms with Gasteiger partial charge in [0.2, 0.25) is 34.4 Å². The van der Waals surface area contributed by atoms with Gasteiger partial charge in [-0.25, -0.2) is 8.42 Å². The van der Waals surface area contributed by atoms with E-state index in [1.165, 1.54) is 36.4 Å². The number of rotatable bonds is 12. The molecule has 0 saturated heterocycles. The second-order valence-corrected chi connectivity index (χ2v) is 13.9. The third-order valence-electron chi connectivity index (χ3n) is 6.81. The molecule has 2 heterocycles. The molecule has 0 aliphatic carbocycles. The number of nitrogens with zero attached hydrogens (tertiary/aromatic N) is 6. The zero-order chi connectivity index (χ0) is 36.9. The van der Waals surface area contributed by atoms with Crippen molar-refractivity contribution in [1.29, 1.82) is 0 Å². The van der Waals surface area contributed by atoms with Crippen LogP contribution in [-0.4, -0.2) is 85.4 Å². The summed E-state index contributed by atoms with van der Waals surface area (Å²) in [7, 11) is -9.89. The van der Waals surface area contributed by atoms with Crippen LogP contribution in [0.15, 0.2) is 107 Å². The molecule has 0 fully saturated rings. The number of anilines is 8. The summed E-state index contributed by atoms with van der Waals surface area (Å²) in [6.45, 7) is 0. The van der Waals surface area contributed by atoms with E-state index in [1.54, 1.807) is 48.5 Å². The summed E-state index contributed by atoms with van der Waals surface area (Å²) in [5.41, 5.74) is 1.50. The molecule has 0 aliphatic heterocycles. The predicted molar refractivity (Wildman–Crippen MR) is 204 cm³/mol. The van der Waals surface area contributed by atoms with E-state index in [0.717, 1.165) is 12.1 Å². The van der Waals surface area contributed by atoms with E-state index in [9.17, 15) is 25.9 Å². The molecule has 0 saturated carbocycles. The Morgan fingerprint density at radius 1 is 0.547 bits per heavy atom. The third kappa shape index (κ3) is 10.9. The van der Waals surface area contributed by atoms with E-state index in [1.807, 2.05) is 12.1 Å². The van der Waals surface area contributed by atoms with Gasteiger partial charge < -0.3 is 25.8 Å². The maximum atomic E-state index is 12.4. The van der Waals surface area contributed by atoms with Crippen LogP contribution in [0.1, 0.15) is 12.6 Å². The molecular formula is C32H25Cl2N10NaO6S2. The van der Waals surface area contributed by atoms with Crippen molar-refractivity contribution in [3.8, 4) is 0 Å². The van der Waals surface area contributed by atoms with Crippen molar-refractivity contribution >= 4 is 132 Å². The summed E-state index contributed by atoms with van der Waals surface area (Å²) in [4.78, 5) is 23.3. The summed E-state index contributed by atoms with van der Waals surface area (Å²) in [5, 5.41) is 11.2. The fraction of sp³-hybridized carbons (Fsp3) is 0. The van der Waals surface area contributed by atoms with Gasteiger partial charge >= 0.3 is 31.0 Å². The van der Waals surface area contributed by atoms with Crippen molar-refractivity contribution < 1.29 is 27.4 Å². The van der Waals surface area contributed by atoms with E-state index in [-0.39, 0.29) is 87.8 Å². The molecule has 0 spiro atoms. The van der Waals surface area contributed by atoms with Gasteiger partial charge in [0.1, 0.15) is 15.0 Å². The fourth-order valence-electron chi connectivity index (χ4n) is 4.60. The predicted octanol–water partition coefficient (Wildman–Crippen LogP) is 6.12. The van der Waals surface area contributed by atoms with Gasteiger partial charge in [-0.05, 0) is 82.9 Å². The average molecular weight is 804 g/mol. The van der Waals surface area contributed by atoms with E-state index >= 15 is 0 Å². The first-order chi connectivity index (χ1) is 24.8. The van der Waals surface area contributed by atoms with Crippen LogP contribution in [0.25, 0.3) is 12.2 Å². The quantitative estimate of drug-likeness (QED) is 0.0532. The fourth-order valence-corrected chi connectivity index (χ4v) is 6.33. The van der Waals surface area contributed by atoms with Crippen molar-refractivity contribution in [1.82, 2.24) is 29.9 Å². The van der Waals surface area contributed by atoms with Gasteiger partial charge in [0.05, 0.1) is 4.90 Å². The summed E-state index contributed by atoms with van der Waals surface area (Å²) in [5.74, 6) is 0.119. The van der Waals surface area contributed by atoms with Crippen LogP contribution in [-0.2, 0) is 20.2 Å². The number of para-hydroxylation sites is 2. The van der Waals surface area contributed by atoms with Crippen molar-refractivity contribution in [2.24, 2.45) is 0 Å². The molecule has 0 atom stereocenters. The molecule has 266 valence electrons. The Morgan fingerprint density at radius 3 is 1.28 bits per heavy atom. The topological polar surface area (TPSA) is 237 Å². The van der Waals surface area contributed by atoms with Gasteiger partial charge in [0.15, 0.2) is 0 Å². The molecule has 0 bridgehead atoms. The number of aromatic nitrogens is 6. The number of halogens is 2. The zero-order valence-electron chi connectivity index (χ0n) is 27.1. The second-order valence-electron chi connectivity index (χ2n) is 10.5. The Labute approximate surface area is 336 Å². The molecule has 0 unspecified atom stereocenters. The Kier molecular flexibility index (Phi) is 12.6. The summed E-state index contributed by atoms with van der Waals surface area (Å²) in [6, 6.07) is 25.7. The molecule has 5 N–H and O–H groups in total. The van der Waals surface area contributed by atoms with E-state index < -0.39 is 30.0 Å². The van der Waals surface area contributed by atoms with Crippen LogP contribution < -0.4 is 21.3 Å². The number of hydrogen-bond acceptors (Lipinski definition) is 15. The van der Waals surface area contributed by atoms with Crippen LogP contribution in [0.2, 0.25) is 10.6 Å². The Hall–Kier alpha value is -4.76. The van der Waals surface area contributed by atoms with E-state index in [0.29, 0.717) is 11.4 Å². The SMILES string of the molecule is O=S(=O)([O-])c1cc(Nc2nc(Cl)nc(Nc3ccccc3)n2)ccc1C=Cc1ccc(Nc2nc(Cl)nc(Nc3ccccc3)n2)cc1S(=O)(=O)O.[H+].[NaH]. The Balaban J connectivity index is 0.00000325. The minimum absolute atomic E-state index is 0. The number of benzene rings is 4. The number of nitrogens with one attached hydrogen (secondary N) is 4. The molecule has 6 rings (SSSR count). The van der Waals surface area contributed by atoms with Gasteiger partial charge in [0, 0.05) is 22.7 Å². The van der Waals surface area contributed by atoms with Crippen LogP contribution in [0, 0.1) is 0 Å². The molecule has 2 aromatic heterocycles. The molecule has 21 heteroatoms. The average Bonchev–Trinajstić information content (AvgIpc) is 3.07. The van der Waals surface area contributed by atoms with Gasteiger partial charge in [-0.3, -0.25) is 4.55 Å². The third-order valence-corrected chi connectivity index (χ3v) is 8.94. The van der Waals surface area contributed by atoms with E-state index in [2.05, 4.69) is 51.2 Å². The first-order valence-corrected chi connectivity index (χ1v) is 18.3. The molecular weight excluding hydrogens is 778 g/mol. The first-order valence-electron chi connectivity index (χ1n) is 14.7. The molecule has 4 aromatic carbocycles. The maximum absolute atomic E-state index is 12.4. The van der Waals surface area contributed by atoms with Crippen molar-refractivity contribution in [2.45, 2.75) is 9.79 Å². The van der Waals surface area contributed by atoms with Crippen molar-refractivity contribution in [3.63, 3.8) is 0 Å². The second kappa shape index (κ2) is 16.9. The molecule has 53 heavy (non-hydrogen) atoms. The normalized spacial score (nSPS) is 11.5. The van der Waals surface area contributed by atoms with Crippen molar-refractivity contribution in [3.05, 3.63) is 119 Å². The van der Waals surface area contributed by atoms with Crippen LogP contribution >= 0.6 is 23.2 Å². The molecule has 16 nitrogen and oxygen atoms in total. The van der Waals surface area contributed by atoms with Gasteiger partial charge in [-0.1, -0.05) is 60.7 Å². The Morgan fingerprint density at radius 2 is 0.906 bits per heavy atom. The molecule has 0 amide bonds. The van der Waals surface area contributed by atoms with Crippen LogP contribution in [0.4, 0.5) is 46.5 Å². The monoisotopic (exact) mass is 802 g/mol. The van der Waals surface area contributed by atoms with Gasteiger partial charge in [-0.15, -0.1) is 0 Å².